The van der Waals surface area contributed by atoms with E-state index in [1.807, 2.05) is 11.8 Å². The van der Waals surface area contributed by atoms with Crippen molar-refractivity contribution in [3.05, 3.63) is 23.8 Å². The number of carbonyl (C=O) groups excluding carboxylic acids is 1. The first kappa shape index (κ1) is 14.2. The van der Waals surface area contributed by atoms with E-state index in [1.165, 1.54) is 6.07 Å². The predicted molar refractivity (Wildman–Crippen MR) is 76.5 cm³/mol. The van der Waals surface area contributed by atoms with E-state index in [2.05, 4.69) is 0 Å². The fourth-order valence-corrected chi connectivity index (χ4v) is 2.66. The van der Waals surface area contributed by atoms with Crippen LogP contribution >= 0.6 is 0 Å². The van der Waals surface area contributed by atoms with Crippen molar-refractivity contribution in [2.24, 2.45) is 11.7 Å². The van der Waals surface area contributed by atoms with Gasteiger partial charge in [0.25, 0.3) is 0 Å². The van der Waals surface area contributed by atoms with Crippen LogP contribution in [0, 0.1) is 5.92 Å². The SMILES string of the molecule is CC1CCC(C(N)=O)CN1c1cccc(C(=O)O)c1N. The van der Waals surface area contributed by atoms with Crippen molar-refractivity contribution in [3.8, 4) is 0 Å². The number of anilines is 2. The third-order valence-electron chi connectivity index (χ3n) is 3.91. The highest BCUT2D eigenvalue weighted by Gasteiger charge is 2.30. The van der Waals surface area contributed by atoms with Gasteiger partial charge >= 0.3 is 5.97 Å². The molecule has 6 heteroatoms. The molecule has 2 rings (SSSR count). The fraction of sp³-hybridized carbons (Fsp3) is 0.429. The lowest BCUT2D eigenvalue weighted by atomic mass is 9.92. The van der Waals surface area contributed by atoms with Gasteiger partial charge in [0.15, 0.2) is 0 Å². The summed E-state index contributed by atoms with van der Waals surface area (Å²) in [5.74, 6) is -1.60. The van der Waals surface area contributed by atoms with E-state index in [0.717, 1.165) is 12.8 Å². The molecule has 0 aromatic heterocycles. The molecule has 0 aliphatic carbocycles. The summed E-state index contributed by atoms with van der Waals surface area (Å²) in [7, 11) is 0. The van der Waals surface area contributed by atoms with Crippen LogP contribution in [0.4, 0.5) is 11.4 Å². The highest BCUT2D eigenvalue weighted by Crippen LogP contribution is 2.33. The highest BCUT2D eigenvalue weighted by atomic mass is 16.4. The number of amides is 1. The fourth-order valence-electron chi connectivity index (χ4n) is 2.66. The molecule has 0 spiro atoms. The lowest BCUT2D eigenvalue weighted by molar-refractivity contribution is -0.122. The molecule has 2 unspecified atom stereocenters. The second kappa shape index (κ2) is 5.40. The van der Waals surface area contributed by atoms with Crippen LogP contribution in [0.25, 0.3) is 0 Å². The normalized spacial score (nSPS) is 22.6. The zero-order chi connectivity index (χ0) is 14.9. The van der Waals surface area contributed by atoms with E-state index < -0.39 is 5.97 Å². The molecule has 6 nitrogen and oxygen atoms in total. The molecule has 108 valence electrons. The number of carboxylic acids is 1. The molecule has 1 saturated heterocycles. The van der Waals surface area contributed by atoms with Crippen molar-refractivity contribution in [1.82, 2.24) is 0 Å². The van der Waals surface area contributed by atoms with Crippen molar-refractivity contribution >= 4 is 23.3 Å². The summed E-state index contributed by atoms with van der Waals surface area (Å²) in [6.07, 6.45) is 1.58. The zero-order valence-electron chi connectivity index (χ0n) is 11.4. The number of benzene rings is 1. The second-order valence-corrected chi connectivity index (χ2v) is 5.22. The summed E-state index contributed by atoms with van der Waals surface area (Å²) >= 11 is 0. The molecule has 5 N–H and O–H groups in total. The maximum atomic E-state index is 11.4. The molecule has 1 aromatic carbocycles. The number of para-hydroxylation sites is 1. The molecular weight excluding hydrogens is 258 g/mol. The summed E-state index contributed by atoms with van der Waals surface area (Å²) in [6.45, 7) is 2.51. The first-order chi connectivity index (χ1) is 9.41. The van der Waals surface area contributed by atoms with Gasteiger partial charge in [0, 0.05) is 12.6 Å². The Kier molecular flexibility index (Phi) is 3.83. The first-order valence-corrected chi connectivity index (χ1v) is 6.59. The summed E-state index contributed by atoms with van der Waals surface area (Å²) in [6, 6.07) is 5.11. The Hall–Kier alpha value is -2.24. The molecule has 1 aromatic rings. The van der Waals surface area contributed by atoms with Crippen LogP contribution in [0.15, 0.2) is 18.2 Å². The van der Waals surface area contributed by atoms with Crippen molar-refractivity contribution in [2.45, 2.75) is 25.8 Å². The number of carboxylic acid groups (broad SMARTS) is 1. The molecule has 1 aliphatic heterocycles. The number of carbonyl (C=O) groups is 2. The Morgan fingerprint density at radius 3 is 2.65 bits per heavy atom. The van der Waals surface area contributed by atoms with Crippen LogP contribution in [-0.4, -0.2) is 29.6 Å². The average molecular weight is 277 g/mol. The van der Waals surface area contributed by atoms with Crippen molar-refractivity contribution in [1.29, 1.82) is 0 Å². The van der Waals surface area contributed by atoms with E-state index in [9.17, 15) is 9.59 Å². The summed E-state index contributed by atoms with van der Waals surface area (Å²) in [5.41, 5.74) is 12.3. The minimum atomic E-state index is -1.06. The quantitative estimate of drug-likeness (QED) is 0.715. The van der Waals surface area contributed by atoms with Gasteiger partial charge in [-0.3, -0.25) is 4.79 Å². The van der Waals surface area contributed by atoms with Crippen LogP contribution in [0.5, 0.6) is 0 Å². The number of hydrogen-bond donors (Lipinski definition) is 3. The Labute approximate surface area is 117 Å². The van der Waals surface area contributed by atoms with E-state index in [4.69, 9.17) is 16.6 Å². The van der Waals surface area contributed by atoms with Crippen LogP contribution in [0.1, 0.15) is 30.1 Å². The van der Waals surface area contributed by atoms with Gasteiger partial charge in [-0.25, -0.2) is 4.79 Å². The maximum Gasteiger partial charge on any atom is 0.337 e. The minimum absolute atomic E-state index is 0.0795. The first-order valence-electron chi connectivity index (χ1n) is 6.59. The van der Waals surface area contributed by atoms with Gasteiger partial charge in [-0.15, -0.1) is 0 Å². The number of piperidine rings is 1. The third kappa shape index (κ3) is 2.54. The summed E-state index contributed by atoms with van der Waals surface area (Å²) in [5, 5.41) is 9.12. The number of hydrogen-bond acceptors (Lipinski definition) is 4. The van der Waals surface area contributed by atoms with Crippen LogP contribution in [-0.2, 0) is 4.79 Å². The largest absolute Gasteiger partial charge is 0.478 e. The van der Waals surface area contributed by atoms with E-state index >= 15 is 0 Å². The van der Waals surface area contributed by atoms with E-state index in [0.29, 0.717) is 12.2 Å². The third-order valence-corrected chi connectivity index (χ3v) is 3.91. The number of aromatic carboxylic acids is 1. The molecule has 1 heterocycles. The van der Waals surface area contributed by atoms with Gasteiger partial charge < -0.3 is 21.5 Å². The molecule has 0 radical (unpaired) electrons. The Morgan fingerprint density at radius 1 is 1.35 bits per heavy atom. The number of nitrogens with two attached hydrogens (primary N) is 2. The number of nitrogen functional groups attached to an aromatic ring is 1. The zero-order valence-corrected chi connectivity index (χ0v) is 11.4. The second-order valence-electron chi connectivity index (χ2n) is 5.22. The monoisotopic (exact) mass is 277 g/mol. The van der Waals surface area contributed by atoms with E-state index in [1.54, 1.807) is 12.1 Å². The molecule has 1 amide bonds. The van der Waals surface area contributed by atoms with Crippen molar-refractivity contribution < 1.29 is 14.7 Å². The van der Waals surface area contributed by atoms with Crippen molar-refractivity contribution in [2.75, 3.05) is 17.2 Å². The van der Waals surface area contributed by atoms with E-state index in [-0.39, 0.29) is 29.1 Å². The van der Waals surface area contributed by atoms with Crippen molar-refractivity contribution in [3.63, 3.8) is 0 Å². The lowest BCUT2D eigenvalue weighted by Crippen LogP contribution is -2.46. The number of nitrogens with zero attached hydrogens (tertiary/aromatic N) is 1. The Bertz CT molecular complexity index is 544. The molecule has 0 bridgehead atoms. The Morgan fingerprint density at radius 2 is 2.05 bits per heavy atom. The van der Waals surface area contributed by atoms with Gasteiger partial charge in [-0.2, -0.15) is 0 Å². The molecular formula is C14H19N3O3. The van der Waals surface area contributed by atoms with Gasteiger partial charge in [0.2, 0.25) is 5.91 Å². The van der Waals surface area contributed by atoms with Gasteiger partial charge in [-0.05, 0) is 31.9 Å². The number of rotatable bonds is 3. The topological polar surface area (TPSA) is 110 Å². The van der Waals surface area contributed by atoms with Gasteiger partial charge in [-0.1, -0.05) is 6.07 Å². The van der Waals surface area contributed by atoms with Crippen LogP contribution < -0.4 is 16.4 Å². The predicted octanol–water partition coefficient (Wildman–Crippen LogP) is 1.06. The molecule has 0 saturated carbocycles. The Balaban J connectivity index is 2.36. The average Bonchev–Trinajstić information content (AvgIpc) is 2.39. The minimum Gasteiger partial charge on any atom is -0.478 e. The molecule has 1 fully saturated rings. The van der Waals surface area contributed by atoms with Crippen LogP contribution in [0.2, 0.25) is 0 Å². The van der Waals surface area contributed by atoms with Gasteiger partial charge in [0.05, 0.1) is 22.9 Å². The number of primary amides is 1. The maximum absolute atomic E-state index is 11.4. The van der Waals surface area contributed by atoms with Gasteiger partial charge in [0.1, 0.15) is 0 Å². The molecule has 2 atom stereocenters. The lowest BCUT2D eigenvalue weighted by Gasteiger charge is -2.39. The summed E-state index contributed by atoms with van der Waals surface area (Å²) < 4.78 is 0. The molecule has 20 heavy (non-hydrogen) atoms. The summed E-state index contributed by atoms with van der Waals surface area (Å²) in [4.78, 5) is 24.5. The molecule has 1 aliphatic rings. The smallest absolute Gasteiger partial charge is 0.337 e. The highest BCUT2D eigenvalue weighted by molar-refractivity contribution is 5.97. The van der Waals surface area contributed by atoms with Crippen LogP contribution in [0.3, 0.4) is 0 Å². The standard InChI is InChI=1S/C14H19N3O3/c1-8-5-6-9(13(16)18)7-17(8)11-4-2-3-10(12(11)15)14(19)20/h2-4,8-9H,5-7,15H2,1H3,(H2,16,18)(H,19,20).